The molecule has 1 aliphatic heterocycles. The quantitative estimate of drug-likeness (QED) is 0.791. The van der Waals surface area contributed by atoms with Crippen LogP contribution in [0.3, 0.4) is 0 Å². The Balaban J connectivity index is 1.47. The smallest absolute Gasteiger partial charge is 0.107 e. The lowest BCUT2D eigenvalue weighted by molar-refractivity contribution is 0.190. The Morgan fingerprint density at radius 2 is 2.33 bits per heavy atom. The van der Waals surface area contributed by atoms with Gasteiger partial charge in [0.2, 0.25) is 0 Å². The minimum Gasteiger partial charge on any atom is -0.380 e. The van der Waals surface area contributed by atoms with Crippen molar-refractivity contribution in [1.82, 2.24) is 15.3 Å². The van der Waals surface area contributed by atoms with Crippen molar-refractivity contribution in [1.29, 1.82) is 0 Å². The van der Waals surface area contributed by atoms with Crippen molar-refractivity contribution in [3.8, 4) is 0 Å². The third-order valence-corrected chi connectivity index (χ3v) is 3.39. The van der Waals surface area contributed by atoms with E-state index in [1.54, 1.807) is 0 Å². The maximum absolute atomic E-state index is 5.33. The molecule has 0 amide bonds. The largest absolute Gasteiger partial charge is 0.380 e. The number of para-hydroxylation sites is 2. The first-order valence-corrected chi connectivity index (χ1v) is 6.66. The van der Waals surface area contributed by atoms with Crippen LogP contribution < -0.4 is 5.32 Å². The Labute approximate surface area is 107 Å². The standard InChI is InChI=1S/C14H19N3O/c1-2-5-13-12(4-1)16-14(17-13)6-3-8-15-11-7-9-18-10-11/h1-2,4-5,11,15H,3,6-10H2,(H,16,17)/t11-/m1/s1. The van der Waals surface area contributed by atoms with E-state index in [-0.39, 0.29) is 0 Å². The molecule has 1 aromatic heterocycles. The van der Waals surface area contributed by atoms with E-state index < -0.39 is 0 Å². The molecule has 0 saturated carbocycles. The minimum atomic E-state index is 0.556. The number of aromatic amines is 1. The van der Waals surface area contributed by atoms with Crippen molar-refractivity contribution >= 4 is 11.0 Å². The Morgan fingerprint density at radius 1 is 1.39 bits per heavy atom. The molecule has 0 radical (unpaired) electrons. The van der Waals surface area contributed by atoms with Crippen LogP contribution in [0.25, 0.3) is 11.0 Å². The maximum Gasteiger partial charge on any atom is 0.107 e. The fourth-order valence-corrected chi connectivity index (χ4v) is 2.38. The van der Waals surface area contributed by atoms with Crippen LogP contribution in [0.1, 0.15) is 18.7 Å². The van der Waals surface area contributed by atoms with Crippen molar-refractivity contribution in [2.45, 2.75) is 25.3 Å². The SMILES string of the molecule is c1ccc2[nH]c(CCCN[C@@H]3CCOC3)nc2c1. The number of hydrogen-bond acceptors (Lipinski definition) is 3. The van der Waals surface area contributed by atoms with Crippen LogP contribution in [0.2, 0.25) is 0 Å². The number of benzene rings is 1. The number of aryl methyl sites for hydroxylation is 1. The number of fused-ring (bicyclic) bond motifs is 1. The summed E-state index contributed by atoms with van der Waals surface area (Å²) in [4.78, 5) is 7.93. The molecule has 1 aromatic carbocycles. The monoisotopic (exact) mass is 245 g/mol. The number of hydrogen-bond donors (Lipinski definition) is 2. The highest BCUT2D eigenvalue weighted by Gasteiger charge is 2.13. The van der Waals surface area contributed by atoms with Crippen LogP contribution >= 0.6 is 0 Å². The predicted molar refractivity (Wildman–Crippen MR) is 71.6 cm³/mol. The zero-order valence-electron chi connectivity index (χ0n) is 10.5. The molecule has 2 N–H and O–H groups in total. The van der Waals surface area contributed by atoms with E-state index in [0.717, 1.165) is 55.9 Å². The number of imidazole rings is 1. The second kappa shape index (κ2) is 5.50. The fraction of sp³-hybridized carbons (Fsp3) is 0.500. The third kappa shape index (κ3) is 2.71. The molecular formula is C14H19N3O. The van der Waals surface area contributed by atoms with Crippen molar-refractivity contribution in [2.24, 2.45) is 0 Å². The van der Waals surface area contributed by atoms with E-state index in [9.17, 15) is 0 Å². The summed E-state index contributed by atoms with van der Waals surface area (Å²) in [6.45, 7) is 2.80. The summed E-state index contributed by atoms with van der Waals surface area (Å²) in [6.07, 6.45) is 3.25. The topological polar surface area (TPSA) is 49.9 Å². The summed E-state index contributed by atoms with van der Waals surface area (Å²) in [5, 5.41) is 3.52. The second-order valence-corrected chi connectivity index (χ2v) is 4.82. The number of nitrogens with zero attached hydrogens (tertiary/aromatic N) is 1. The molecule has 0 unspecified atom stereocenters. The summed E-state index contributed by atoms with van der Waals surface area (Å²) >= 11 is 0. The summed E-state index contributed by atoms with van der Waals surface area (Å²) in [5.41, 5.74) is 2.19. The number of H-pyrrole nitrogens is 1. The van der Waals surface area contributed by atoms with Crippen LogP contribution in [0, 0.1) is 0 Å². The van der Waals surface area contributed by atoms with E-state index in [1.165, 1.54) is 0 Å². The van der Waals surface area contributed by atoms with Gasteiger partial charge < -0.3 is 15.0 Å². The van der Waals surface area contributed by atoms with Gasteiger partial charge >= 0.3 is 0 Å². The van der Waals surface area contributed by atoms with E-state index in [2.05, 4.69) is 21.4 Å². The van der Waals surface area contributed by atoms with Crippen LogP contribution in [0.5, 0.6) is 0 Å². The first-order chi connectivity index (χ1) is 8.92. The van der Waals surface area contributed by atoms with Gasteiger partial charge in [-0.1, -0.05) is 12.1 Å². The molecule has 2 heterocycles. The Bertz CT molecular complexity index is 469. The van der Waals surface area contributed by atoms with Crippen LogP contribution in [0.4, 0.5) is 0 Å². The van der Waals surface area contributed by atoms with Crippen molar-refractivity contribution in [3.63, 3.8) is 0 Å². The number of nitrogens with one attached hydrogen (secondary N) is 2. The molecule has 1 atom stereocenters. The molecule has 1 fully saturated rings. The molecule has 96 valence electrons. The lowest BCUT2D eigenvalue weighted by Gasteiger charge is -2.09. The highest BCUT2D eigenvalue weighted by molar-refractivity contribution is 5.74. The lowest BCUT2D eigenvalue weighted by atomic mass is 10.2. The van der Waals surface area contributed by atoms with E-state index in [0.29, 0.717) is 6.04 Å². The van der Waals surface area contributed by atoms with Gasteiger partial charge in [-0.3, -0.25) is 0 Å². The first kappa shape index (κ1) is 11.7. The fourth-order valence-electron chi connectivity index (χ4n) is 2.38. The summed E-state index contributed by atoms with van der Waals surface area (Å²) in [5.74, 6) is 1.08. The molecule has 4 heteroatoms. The van der Waals surface area contributed by atoms with Crippen molar-refractivity contribution in [2.75, 3.05) is 19.8 Å². The molecule has 1 saturated heterocycles. The molecule has 0 bridgehead atoms. The van der Waals surface area contributed by atoms with Crippen LogP contribution in [-0.4, -0.2) is 35.8 Å². The third-order valence-electron chi connectivity index (χ3n) is 3.39. The summed E-state index contributed by atoms with van der Waals surface area (Å²) in [7, 11) is 0. The van der Waals surface area contributed by atoms with Gasteiger partial charge in [0, 0.05) is 19.1 Å². The summed E-state index contributed by atoms with van der Waals surface area (Å²) in [6, 6.07) is 8.73. The van der Waals surface area contributed by atoms with Gasteiger partial charge in [-0.25, -0.2) is 4.98 Å². The molecule has 0 spiro atoms. The van der Waals surface area contributed by atoms with Gasteiger partial charge in [0.15, 0.2) is 0 Å². The minimum absolute atomic E-state index is 0.556. The van der Waals surface area contributed by atoms with Gasteiger partial charge in [0.1, 0.15) is 5.82 Å². The Hall–Kier alpha value is -1.39. The highest BCUT2D eigenvalue weighted by Crippen LogP contribution is 2.11. The van der Waals surface area contributed by atoms with Gasteiger partial charge in [0.05, 0.1) is 17.6 Å². The molecule has 4 nitrogen and oxygen atoms in total. The second-order valence-electron chi connectivity index (χ2n) is 4.82. The molecule has 18 heavy (non-hydrogen) atoms. The number of aromatic nitrogens is 2. The van der Waals surface area contributed by atoms with E-state index in [4.69, 9.17) is 4.74 Å². The van der Waals surface area contributed by atoms with Crippen LogP contribution in [-0.2, 0) is 11.2 Å². The van der Waals surface area contributed by atoms with Gasteiger partial charge in [-0.15, -0.1) is 0 Å². The average molecular weight is 245 g/mol. The maximum atomic E-state index is 5.33. The molecule has 2 aromatic rings. The van der Waals surface area contributed by atoms with Gasteiger partial charge in [0.25, 0.3) is 0 Å². The molecular weight excluding hydrogens is 226 g/mol. The Morgan fingerprint density at radius 3 is 3.17 bits per heavy atom. The zero-order valence-corrected chi connectivity index (χ0v) is 10.5. The molecule has 3 rings (SSSR count). The van der Waals surface area contributed by atoms with Crippen LogP contribution in [0.15, 0.2) is 24.3 Å². The van der Waals surface area contributed by atoms with Crippen molar-refractivity contribution in [3.05, 3.63) is 30.1 Å². The van der Waals surface area contributed by atoms with E-state index >= 15 is 0 Å². The normalized spacial score (nSPS) is 19.7. The Kier molecular flexibility index (Phi) is 3.57. The predicted octanol–water partition coefficient (Wildman–Crippen LogP) is 1.87. The molecule has 0 aliphatic carbocycles. The molecule has 1 aliphatic rings. The number of ether oxygens (including phenoxy) is 1. The highest BCUT2D eigenvalue weighted by atomic mass is 16.5. The van der Waals surface area contributed by atoms with E-state index in [1.807, 2.05) is 18.2 Å². The zero-order chi connectivity index (χ0) is 12.2. The van der Waals surface area contributed by atoms with Gasteiger partial charge in [-0.05, 0) is 31.5 Å². The van der Waals surface area contributed by atoms with Gasteiger partial charge in [-0.2, -0.15) is 0 Å². The lowest BCUT2D eigenvalue weighted by Crippen LogP contribution is -2.30. The average Bonchev–Trinajstić information content (AvgIpc) is 3.03. The van der Waals surface area contributed by atoms with Crippen molar-refractivity contribution < 1.29 is 4.74 Å². The summed E-state index contributed by atoms with van der Waals surface area (Å²) < 4.78 is 5.33. The number of rotatable bonds is 5. The first-order valence-electron chi connectivity index (χ1n) is 6.66.